The Labute approximate surface area is 417 Å². The summed E-state index contributed by atoms with van der Waals surface area (Å²) in [4.78, 5) is 0. The normalized spacial score (nSPS) is 12.1. The largest absolute Gasteiger partial charge is 0.344 e. The summed E-state index contributed by atoms with van der Waals surface area (Å²) in [7, 11) is 6.47. The van der Waals surface area contributed by atoms with Gasteiger partial charge in [0.1, 0.15) is 0 Å². The highest BCUT2D eigenvalue weighted by molar-refractivity contribution is 6.15. The van der Waals surface area contributed by atoms with Gasteiger partial charge in [-0.25, -0.2) is 0 Å². The van der Waals surface area contributed by atoms with Crippen LogP contribution in [0.1, 0.15) is 13.8 Å². The number of benzene rings is 10. The minimum absolute atomic E-state index is 0.933. The molecule has 346 valence electrons. The van der Waals surface area contributed by atoms with Gasteiger partial charge in [0, 0.05) is 143 Å². The van der Waals surface area contributed by atoms with E-state index >= 15 is 0 Å². The first-order chi connectivity index (χ1) is 35.4. The molecule has 0 aliphatic rings. The van der Waals surface area contributed by atoms with Crippen LogP contribution in [0, 0.1) is 0 Å². The van der Waals surface area contributed by atoms with E-state index in [1.54, 1.807) is 0 Å². The van der Waals surface area contributed by atoms with Gasteiger partial charge in [-0.2, -0.15) is 0 Å². The lowest BCUT2D eigenvalue weighted by molar-refractivity contribution is 0.827. The number of fused-ring (bicyclic) bond motifs is 15. The van der Waals surface area contributed by atoms with Gasteiger partial charge in [0.25, 0.3) is 0 Å². The second-order valence-electron chi connectivity index (χ2n) is 19.6. The molecular formula is C67H53N5. The van der Waals surface area contributed by atoms with Crippen molar-refractivity contribution in [2.75, 3.05) is 0 Å². The Bertz CT molecular complexity index is 4520. The minimum atomic E-state index is 0.933. The molecule has 5 heterocycles. The molecule has 5 heteroatoms. The number of hydrogen-bond donors (Lipinski definition) is 0. The molecule has 15 rings (SSSR count). The van der Waals surface area contributed by atoms with Gasteiger partial charge in [0.2, 0.25) is 0 Å². The van der Waals surface area contributed by atoms with Crippen LogP contribution in [0.3, 0.4) is 0 Å². The Kier molecular flexibility index (Phi) is 9.43. The predicted octanol–water partition coefficient (Wildman–Crippen LogP) is 17.6. The van der Waals surface area contributed by atoms with E-state index in [1.807, 2.05) is 0 Å². The Hall–Kier alpha value is -8.80. The van der Waals surface area contributed by atoms with Gasteiger partial charge >= 0.3 is 0 Å². The predicted molar refractivity (Wildman–Crippen MR) is 308 cm³/mol. The highest BCUT2D eigenvalue weighted by Crippen LogP contribution is 2.40. The van der Waals surface area contributed by atoms with Gasteiger partial charge in [-0.1, -0.05) is 109 Å². The van der Waals surface area contributed by atoms with Crippen LogP contribution < -0.4 is 0 Å². The quantitative estimate of drug-likeness (QED) is 0.164. The Morgan fingerprint density at radius 3 is 0.708 bits per heavy atom. The van der Waals surface area contributed by atoms with Gasteiger partial charge in [0.15, 0.2) is 0 Å². The lowest BCUT2D eigenvalue weighted by atomic mass is 9.98. The molecule has 72 heavy (non-hydrogen) atoms. The topological polar surface area (TPSA) is 24.6 Å². The summed E-state index contributed by atoms with van der Waals surface area (Å²) in [6.45, 7) is 6.37. The Balaban J connectivity index is 0.000000144. The van der Waals surface area contributed by atoms with Crippen LogP contribution in [-0.2, 0) is 34.2 Å². The summed E-state index contributed by atoms with van der Waals surface area (Å²) in [5.41, 5.74) is 20.4. The monoisotopic (exact) mass is 927 g/mol. The number of rotatable bonds is 5. The van der Waals surface area contributed by atoms with Crippen LogP contribution >= 0.6 is 0 Å². The standard InChI is InChI=1S/C40H31N3.C27H22N2/c1-4-43-39-19-15-27(25-13-17-37-31(21-25)29-9-5-7-11-35(29)41(37)2)23-33(39)34-24-28(16-20-40(34)43)26-14-18-38-32(22-26)30-10-6-8-12-36(30)42(38)3;1-3-29-26-11-7-5-9-21(26)23-17-19(13-15-27(23)29)18-12-14-25-22(16-18)20-8-4-6-10-24(20)28(25)2/h5-24H,4H2,1-3H3;4-17H,3H2,1-2H3. The maximum absolute atomic E-state index is 2.44. The van der Waals surface area contributed by atoms with Gasteiger partial charge < -0.3 is 22.8 Å². The minimum Gasteiger partial charge on any atom is -0.344 e. The molecule has 0 atom stereocenters. The maximum atomic E-state index is 2.44. The first-order valence-corrected chi connectivity index (χ1v) is 25.4. The average molecular weight is 928 g/mol. The molecule has 0 fully saturated rings. The molecule has 0 spiro atoms. The molecule has 0 aliphatic heterocycles. The molecule has 0 radical (unpaired) electrons. The average Bonchev–Trinajstić information content (AvgIpc) is 4.19. The van der Waals surface area contributed by atoms with Gasteiger partial charge in [0.05, 0.1) is 0 Å². The van der Waals surface area contributed by atoms with Crippen LogP contribution in [-0.4, -0.2) is 22.8 Å². The zero-order valence-electron chi connectivity index (χ0n) is 41.3. The first-order valence-electron chi connectivity index (χ1n) is 25.4. The van der Waals surface area contributed by atoms with E-state index < -0.39 is 0 Å². The molecule has 0 saturated carbocycles. The van der Waals surface area contributed by atoms with Crippen molar-refractivity contribution in [3.05, 3.63) is 206 Å². The van der Waals surface area contributed by atoms with E-state index in [1.165, 1.54) is 142 Å². The molecular weight excluding hydrogens is 875 g/mol. The second-order valence-corrected chi connectivity index (χ2v) is 19.6. The zero-order chi connectivity index (χ0) is 48.4. The van der Waals surface area contributed by atoms with Crippen LogP contribution in [0.2, 0.25) is 0 Å². The fourth-order valence-corrected chi connectivity index (χ4v) is 12.4. The van der Waals surface area contributed by atoms with Crippen molar-refractivity contribution in [1.29, 1.82) is 0 Å². The number of hydrogen-bond acceptors (Lipinski definition) is 0. The Morgan fingerprint density at radius 2 is 0.417 bits per heavy atom. The van der Waals surface area contributed by atoms with Crippen molar-refractivity contribution in [2.45, 2.75) is 26.9 Å². The van der Waals surface area contributed by atoms with Crippen LogP contribution in [0.5, 0.6) is 0 Å². The third-order valence-electron chi connectivity index (χ3n) is 16.0. The lowest BCUT2D eigenvalue weighted by Crippen LogP contribution is -1.92. The highest BCUT2D eigenvalue weighted by atomic mass is 15.0. The van der Waals surface area contributed by atoms with E-state index in [0.717, 1.165) is 13.1 Å². The SMILES string of the molecule is CCn1c2ccc(-c3ccc4c(c3)c3ccccc3n4C)cc2c2cc(-c3ccc4c(c3)c3ccccc3n4C)ccc21.CCn1c2ccccc2c2cc(-c3ccc4c(c3)c3ccccc3n4C)ccc21. The number of aromatic nitrogens is 5. The van der Waals surface area contributed by atoms with Gasteiger partial charge in [-0.3, -0.25) is 0 Å². The summed E-state index contributed by atoms with van der Waals surface area (Å²) in [5, 5.41) is 13.1. The van der Waals surface area contributed by atoms with E-state index in [-0.39, 0.29) is 0 Å². The molecule has 0 bridgehead atoms. The smallest absolute Gasteiger partial charge is 0.0491 e. The molecule has 0 unspecified atom stereocenters. The summed E-state index contributed by atoms with van der Waals surface area (Å²) in [5.74, 6) is 0. The Morgan fingerprint density at radius 1 is 0.222 bits per heavy atom. The van der Waals surface area contributed by atoms with E-state index in [4.69, 9.17) is 0 Å². The van der Waals surface area contributed by atoms with Crippen molar-refractivity contribution in [3.63, 3.8) is 0 Å². The van der Waals surface area contributed by atoms with E-state index in [0.29, 0.717) is 0 Å². The molecule has 0 aliphatic carbocycles. The van der Waals surface area contributed by atoms with Crippen LogP contribution in [0.15, 0.2) is 206 Å². The molecule has 0 amide bonds. The van der Waals surface area contributed by atoms with Crippen molar-refractivity contribution < 1.29 is 0 Å². The van der Waals surface area contributed by atoms with Crippen molar-refractivity contribution in [3.8, 4) is 33.4 Å². The van der Waals surface area contributed by atoms with Crippen molar-refractivity contribution in [1.82, 2.24) is 22.8 Å². The molecule has 0 saturated heterocycles. The van der Waals surface area contributed by atoms with Crippen molar-refractivity contribution in [2.24, 2.45) is 21.1 Å². The summed E-state index contributed by atoms with van der Waals surface area (Å²) >= 11 is 0. The lowest BCUT2D eigenvalue weighted by Gasteiger charge is -2.06. The van der Waals surface area contributed by atoms with Gasteiger partial charge in [-0.15, -0.1) is 0 Å². The summed E-state index contributed by atoms with van der Waals surface area (Å²) in [6.07, 6.45) is 0. The molecule has 15 aromatic rings. The maximum Gasteiger partial charge on any atom is 0.0491 e. The number of nitrogens with zero attached hydrogens (tertiary/aromatic N) is 5. The molecule has 5 aromatic heterocycles. The van der Waals surface area contributed by atoms with E-state index in [2.05, 4.69) is 264 Å². The fourth-order valence-electron chi connectivity index (χ4n) is 12.4. The molecule has 5 nitrogen and oxygen atoms in total. The third-order valence-corrected chi connectivity index (χ3v) is 16.0. The third kappa shape index (κ3) is 6.20. The van der Waals surface area contributed by atoms with E-state index in [9.17, 15) is 0 Å². The number of para-hydroxylation sites is 4. The zero-order valence-corrected chi connectivity index (χ0v) is 41.3. The van der Waals surface area contributed by atoms with Crippen LogP contribution in [0.25, 0.3) is 142 Å². The second kappa shape index (κ2) is 16.1. The summed E-state index contributed by atoms with van der Waals surface area (Å²) in [6, 6.07) is 76.3. The van der Waals surface area contributed by atoms with Crippen molar-refractivity contribution >= 4 is 109 Å². The summed E-state index contributed by atoms with van der Waals surface area (Å²) < 4.78 is 11.7. The molecule has 10 aromatic carbocycles. The molecule has 0 N–H and O–H groups in total. The number of aryl methyl sites for hydroxylation is 5. The fraction of sp³-hybridized carbons (Fsp3) is 0.104. The van der Waals surface area contributed by atoms with Gasteiger partial charge in [-0.05, 0) is 144 Å². The highest BCUT2D eigenvalue weighted by Gasteiger charge is 2.17. The van der Waals surface area contributed by atoms with Crippen LogP contribution in [0.4, 0.5) is 0 Å². The first kappa shape index (κ1) is 42.1.